The van der Waals surface area contributed by atoms with Gasteiger partial charge in [0.2, 0.25) is 5.78 Å². The van der Waals surface area contributed by atoms with Crippen LogP contribution in [0.25, 0.3) is 16.9 Å². The van der Waals surface area contributed by atoms with E-state index in [0.717, 1.165) is 24.3 Å². The summed E-state index contributed by atoms with van der Waals surface area (Å²) in [5.74, 6) is 1.38. The van der Waals surface area contributed by atoms with Gasteiger partial charge in [-0.25, -0.2) is 4.79 Å². The Morgan fingerprint density at radius 1 is 1.32 bits per heavy atom. The van der Waals surface area contributed by atoms with Gasteiger partial charge >= 0.3 is 5.69 Å². The van der Waals surface area contributed by atoms with Crippen LogP contribution in [-0.4, -0.2) is 23.1 Å². The molecule has 1 fully saturated rings. The minimum absolute atomic E-state index is 0.183. The van der Waals surface area contributed by atoms with Gasteiger partial charge in [-0.05, 0) is 37.5 Å². The number of rotatable bonds is 3. The minimum atomic E-state index is -0.367. The third kappa shape index (κ3) is 2.67. The van der Waals surface area contributed by atoms with E-state index in [-0.39, 0.29) is 23.2 Å². The average Bonchev–Trinajstić information content (AvgIpc) is 3.09. The monoisotopic (exact) mass is 383 g/mol. The van der Waals surface area contributed by atoms with Gasteiger partial charge in [0.25, 0.3) is 5.56 Å². The normalized spacial score (nSPS) is 22.2. The van der Waals surface area contributed by atoms with Gasteiger partial charge in [-0.1, -0.05) is 26.8 Å². The van der Waals surface area contributed by atoms with E-state index in [1.54, 1.807) is 13.1 Å². The maximum atomic E-state index is 13.1. The quantitative estimate of drug-likeness (QED) is 0.653. The van der Waals surface area contributed by atoms with Gasteiger partial charge in [-0.3, -0.25) is 18.3 Å². The number of fused-ring (bicyclic) bond motifs is 3. The molecule has 0 radical (unpaired) electrons. The van der Waals surface area contributed by atoms with E-state index in [0.29, 0.717) is 23.1 Å². The van der Waals surface area contributed by atoms with Crippen LogP contribution in [0.1, 0.15) is 51.8 Å². The van der Waals surface area contributed by atoms with E-state index < -0.39 is 0 Å². The Labute approximate surface area is 163 Å². The van der Waals surface area contributed by atoms with Crippen LogP contribution in [0.2, 0.25) is 0 Å². The molecule has 0 amide bonds. The molecule has 7 heteroatoms. The van der Waals surface area contributed by atoms with Crippen molar-refractivity contribution in [2.45, 2.75) is 59.5 Å². The third-order valence-electron chi connectivity index (χ3n) is 6.11. The van der Waals surface area contributed by atoms with Crippen LogP contribution in [-0.2, 0) is 13.6 Å². The van der Waals surface area contributed by atoms with Crippen LogP contribution in [0.15, 0.2) is 28.4 Å². The Morgan fingerprint density at radius 3 is 2.68 bits per heavy atom. The van der Waals surface area contributed by atoms with Crippen molar-refractivity contribution < 1.29 is 0 Å². The van der Waals surface area contributed by atoms with Gasteiger partial charge < -0.3 is 4.57 Å². The van der Waals surface area contributed by atoms with Gasteiger partial charge in [0.15, 0.2) is 11.2 Å². The highest BCUT2D eigenvalue weighted by Crippen LogP contribution is 2.44. The first kappa shape index (κ1) is 18.8. The summed E-state index contributed by atoms with van der Waals surface area (Å²) >= 11 is 0. The maximum absolute atomic E-state index is 13.1. The van der Waals surface area contributed by atoms with Gasteiger partial charge in [0.1, 0.15) is 0 Å². The highest BCUT2D eigenvalue weighted by Gasteiger charge is 2.34. The topological polar surface area (TPSA) is 66.2 Å². The number of aryl methyl sites for hydroxylation is 2. The van der Waals surface area contributed by atoms with Crippen LogP contribution < -0.4 is 11.2 Å². The van der Waals surface area contributed by atoms with Crippen molar-refractivity contribution in [1.29, 1.82) is 0 Å². The zero-order valence-electron chi connectivity index (χ0n) is 17.4. The van der Waals surface area contributed by atoms with E-state index in [2.05, 4.69) is 38.8 Å². The smallest absolute Gasteiger partial charge is 0.311 e. The van der Waals surface area contributed by atoms with E-state index in [1.807, 2.05) is 10.6 Å². The number of aromatic nitrogens is 5. The van der Waals surface area contributed by atoms with Crippen molar-refractivity contribution in [1.82, 2.24) is 23.1 Å². The molecule has 28 heavy (non-hydrogen) atoms. The summed E-state index contributed by atoms with van der Waals surface area (Å²) in [4.78, 5) is 30.4. The fourth-order valence-electron chi connectivity index (χ4n) is 5.26. The lowest BCUT2D eigenvalue weighted by Gasteiger charge is -2.39. The van der Waals surface area contributed by atoms with Crippen molar-refractivity contribution in [3.05, 3.63) is 45.4 Å². The van der Waals surface area contributed by atoms with Crippen molar-refractivity contribution >= 4 is 16.9 Å². The molecule has 0 aliphatic heterocycles. The molecule has 3 aromatic heterocycles. The molecule has 3 aromatic rings. The lowest BCUT2D eigenvalue weighted by atomic mass is 9.70. The molecule has 0 aromatic carbocycles. The molecular formula is C21H29N5O2. The Bertz CT molecular complexity index is 1200. The second-order valence-corrected chi connectivity index (χ2v) is 9.21. The highest BCUT2D eigenvalue weighted by molar-refractivity contribution is 5.75. The SMILES string of the molecule is C=CCn1c(=O)c2c(nc3n([C@@H]4C[C@H](C)CC(C)(C)C4)c(C)cn23)n(C)c1=O. The number of nitrogens with zero attached hydrogens (tertiary/aromatic N) is 5. The minimum Gasteiger partial charge on any atom is -0.311 e. The summed E-state index contributed by atoms with van der Waals surface area (Å²) in [6, 6.07) is 0.334. The molecule has 4 rings (SSSR count). The molecular weight excluding hydrogens is 354 g/mol. The van der Waals surface area contributed by atoms with Gasteiger partial charge in [-0.15, -0.1) is 6.58 Å². The van der Waals surface area contributed by atoms with Crippen LogP contribution >= 0.6 is 0 Å². The van der Waals surface area contributed by atoms with E-state index in [4.69, 9.17) is 4.98 Å². The second-order valence-electron chi connectivity index (χ2n) is 9.21. The summed E-state index contributed by atoms with van der Waals surface area (Å²) in [6.07, 6.45) is 6.93. The zero-order valence-corrected chi connectivity index (χ0v) is 17.4. The molecule has 0 unspecified atom stereocenters. The fourth-order valence-corrected chi connectivity index (χ4v) is 5.26. The summed E-state index contributed by atoms with van der Waals surface area (Å²) in [7, 11) is 1.67. The lowest BCUT2D eigenvalue weighted by molar-refractivity contribution is 0.138. The zero-order chi connectivity index (χ0) is 20.4. The Hall–Kier alpha value is -2.57. The van der Waals surface area contributed by atoms with E-state index >= 15 is 0 Å². The third-order valence-corrected chi connectivity index (χ3v) is 6.11. The molecule has 0 spiro atoms. The Balaban J connectivity index is 2.01. The Kier molecular flexibility index (Phi) is 4.17. The number of imidazole rings is 2. The number of hydrogen-bond donors (Lipinski definition) is 0. The van der Waals surface area contributed by atoms with Crippen molar-refractivity contribution in [3.63, 3.8) is 0 Å². The Morgan fingerprint density at radius 2 is 2.04 bits per heavy atom. The maximum Gasteiger partial charge on any atom is 0.332 e. The van der Waals surface area contributed by atoms with Crippen LogP contribution in [0.3, 0.4) is 0 Å². The fraction of sp³-hybridized carbons (Fsp3) is 0.571. The second kappa shape index (κ2) is 6.22. The summed E-state index contributed by atoms with van der Waals surface area (Å²) in [5.41, 5.74) is 1.55. The molecule has 3 heterocycles. The van der Waals surface area contributed by atoms with Crippen LogP contribution in [0, 0.1) is 18.3 Å². The van der Waals surface area contributed by atoms with Crippen molar-refractivity contribution in [2.75, 3.05) is 0 Å². The predicted octanol–water partition coefficient (Wildman–Crippen LogP) is 3.03. The molecule has 2 atom stereocenters. The summed E-state index contributed by atoms with van der Waals surface area (Å²) in [5, 5.41) is 0. The number of allylic oxidation sites excluding steroid dienone is 1. The molecule has 7 nitrogen and oxygen atoms in total. The van der Waals surface area contributed by atoms with Crippen molar-refractivity contribution in [2.24, 2.45) is 18.4 Å². The van der Waals surface area contributed by atoms with Crippen LogP contribution in [0.4, 0.5) is 0 Å². The van der Waals surface area contributed by atoms with Gasteiger partial charge in [0.05, 0.1) is 0 Å². The van der Waals surface area contributed by atoms with Gasteiger partial charge in [-0.2, -0.15) is 4.98 Å². The standard InChI is InChI=1S/C21H29N5O2/c1-7-8-24-18(27)16-17(23(6)20(24)28)22-19-25(16)12-14(3)26(19)15-9-13(2)10-21(4,5)11-15/h7,12-13,15H,1,8-11H2,2-6H3/t13-,15+/m0/s1. The lowest BCUT2D eigenvalue weighted by Crippen LogP contribution is -2.39. The molecule has 0 saturated heterocycles. The van der Waals surface area contributed by atoms with Gasteiger partial charge in [0, 0.05) is 31.5 Å². The first-order valence-electron chi connectivity index (χ1n) is 9.95. The first-order chi connectivity index (χ1) is 13.1. The van der Waals surface area contributed by atoms with Crippen LogP contribution in [0.5, 0.6) is 0 Å². The molecule has 1 aliphatic rings. The summed E-state index contributed by atoms with van der Waals surface area (Å²) < 4.78 is 6.79. The first-order valence-corrected chi connectivity index (χ1v) is 9.95. The largest absolute Gasteiger partial charge is 0.332 e. The predicted molar refractivity (Wildman–Crippen MR) is 111 cm³/mol. The molecule has 1 aliphatic carbocycles. The molecule has 0 bridgehead atoms. The number of hydrogen-bond acceptors (Lipinski definition) is 3. The average molecular weight is 383 g/mol. The van der Waals surface area contributed by atoms with E-state index in [9.17, 15) is 9.59 Å². The molecule has 150 valence electrons. The summed E-state index contributed by atoms with van der Waals surface area (Å²) in [6.45, 7) is 12.9. The van der Waals surface area contributed by atoms with Crippen molar-refractivity contribution in [3.8, 4) is 0 Å². The van der Waals surface area contributed by atoms with E-state index in [1.165, 1.54) is 15.6 Å². The molecule has 0 N–H and O–H groups in total. The molecule has 1 saturated carbocycles. The highest BCUT2D eigenvalue weighted by atomic mass is 16.2.